The number of hydrogen-bond acceptors (Lipinski definition) is 2. The first-order valence-electron chi connectivity index (χ1n) is 6.83. The molecule has 0 radical (unpaired) electrons. The van der Waals surface area contributed by atoms with Gasteiger partial charge in [0.1, 0.15) is 11.5 Å². The van der Waals surface area contributed by atoms with Crippen molar-refractivity contribution < 1.29 is 4.74 Å². The molecule has 0 amide bonds. The molecule has 0 unspecified atom stereocenters. The molecule has 120 valence electrons. The summed E-state index contributed by atoms with van der Waals surface area (Å²) in [5, 5.41) is 0.406. The lowest BCUT2D eigenvalue weighted by Crippen LogP contribution is -2.26. The number of rotatable bonds is 3. The number of aryl methyl sites for hydroxylation is 2. The van der Waals surface area contributed by atoms with Crippen molar-refractivity contribution in [3.63, 3.8) is 0 Å². The van der Waals surface area contributed by atoms with Crippen LogP contribution in [0.2, 0.25) is 5.02 Å². The van der Waals surface area contributed by atoms with Gasteiger partial charge in [-0.2, -0.15) is 4.99 Å². The monoisotopic (exact) mass is 331 g/mol. The van der Waals surface area contributed by atoms with E-state index >= 15 is 0 Å². The second-order valence-electron chi connectivity index (χ2n) is 4.99. The van der Waals surface area contributed by atoms with E-state index in [4.69, 9.17) is 33.5 Å². The van der Waals surface area contributed by atoms with Crippen LogP contribution in [0.5, 0.6) is 11.5 Å². The predicted octanol–water partition coefficient (Wildman–Crippen LogP) is 2.97. The summed E-state index contributed by atoms with van der Waals surface area (Å²) in [6.07, 6.45) is 0. The summed E-state index contributed by atoms with van der Waals surface area (Å²) in [6.45, 7) is 4.00. The lowest BCUT2D eigenvalue weighted by molar-refractivity contribution is 0.479. The summed E-state index contributed by atoms with van der Waals surface area (Å²) < 4.78 is 5.84. The van der Waals surface area contributed by atoms with Crippen LogP contribution in [0.4, 0.5) is 5.69 Å². The first-order valence-corrected chi connectivity index (χ1v) is 7.21. The van der Waals surface area contributed by atoms with Crippen LogP contribution in [0.15, 0.2) is 46.4 Å². The topological polar surface area (TPSA) is 112 Å². The summed E-state index contributed by atoms with van der Waals surface area (Å²) >= 11 is 6.23. The van der Waals surface area contributed by atoms with Gasteiger partial charge in [-0.1, -0.05) is 29.3 Å². The molecule has 0 fully saturated rings. The van der Waals surface area contributed by atoms with Gasteiger partial charge >= 0.3 is 0 Å². The molecule has 0 aliphatic carbocycles. The number of halogens is 1. The van der Waals surface area contributed by atoms with Crippen molar-refractivity contribution in [2.45, 2.75) is 13.8 Å². The van der Waals surface area contributed by atoms with Crippen molar-refractivity contribution in [2.75, 3.05) is 0 Å². The first-order chi connectivity index (χ1) is 10.8. The van der Waals surface area contributed by atoms with Crippen molar-refractivity contribution in [1.29, 1.82) is 0 Å². The summed E-state index contributed by atoms with van der Waals surface area (Å²) in [7, 11) is 0. The number of benzene rings is 2. The van der Waals surface area contributed by atoms with Gasteiger partial charge < -0.3 is 21.9 Å². The molecule has 0 saturated carbocycles. The average molecular weight is 332 g/mol. The molecule has 7 heteroatoms. The highest BCUT2D eigenvalue weighted by atomic mass is 35.5. The Labute approximate surface area is 139 Å². The van der Waals surface area contributed by atoms with Gasteiger partial charge in [-0.25, -0.2) is 4.99 Å². The third-order valence-electron chi connectivity index (χ3n) is 2.95. The van der Waals surface area contributed by atoms with Gasteiger partial charge in [-0.3, -0.25) is 0 Å². The fraction of sp³-hybridized carbons (Fsp3) is 0.125. The van der Waals surface area contributed by atoms with E-state index in [2.05, 4.69) is 9.98 Å². The van der Waals surface area contributed by atoms with Gasteiger partial charge in [0.15, 0.2) is 5.96 Å². The van der Waals surface area contributed by atoms with Crippen LogP contribution < -0.4 is 21.9 Å². The van der Waals surface area contributed by atoms with E-state index in [1.165, 1.54) is 5.56 Å². The Morgan fingerprint density at radius 1 is 1.00 bits per heavy atom. The van der Waals surface area contributed by atoms with Crippen LogP contribution in [0.25, 0.3) is 0 Å². The minimum atomic E-state index is -0.160. The quantitative estimate of drug-likeness (QED) is 0.592. The van der Waals surface area contributed by atoms with E-state index < -0.39 is 0 Å². The molecular formula is C16H18ClN5O. The van der Waals surface area contributed by atoms with E-state index in [-0.39, 0.29) is 11.9 Å². The minimum Gasteiger partial charge on any atom is -0.456 e. The number of guanidine groups is 2. The Balaban J connectivity index is 2.24. The van der Waals surface area contributed by atoms with Crippen molar-refractivity contribution in [1.82, 2.24) is 0 Å². The molecular weight excluding hydrogens is 314 g/mol. The maximum atomic E-state index is 6.23. The van der Waals surface area contributed by atoms with E-state index in [0.717, 1.165) is 11.3 Å². The molecule has 0 spiro atoms. The standard InChI is InChI=1S/C16H18ClN5O/c1-9-3-5-13(10(2)7-9)23-14-6-4-11(8-12(14)17)21-16(20)22-15(18)19/h3-8H,1-2H3,(H6,18,19,20,21,22). The fourth-order valence-corrected chi connectivity index (χ4v) is 2.18. The van der Waals surface area contributed by atoms with Crippen LogP contribution in [-0.4, -0.2) is 11.9 Å². The fourth-order valence-electron chi connectivity index (χ4n) is 1.96. The maximum Gasteiger partial charge on any atom is 0.223 e. The first kappa shape index (κ1) is 16.6. The zero-order valence-electron chi connectivity index (χ0n) is 12.9. The molecule has 6 nitrogen and oxygen atoms in total. The molecule has 6 N–H and O–H groups in total. The van der Waals surface area contributed by atoms with E-state index in [1.807, 2.05) is 32.0 Å². The van der Waals surface area contributed by atoms with Crippen molar-refractivity contribution in [3.8, 4) is 11.5 Å². The third kappa shape index (κ3) is 4.62. The molecule has 2 aromatic rings. The summed E-state index contributed by atoms with van der Waals surface area (Å²) in [6, 6.07) is 11.0. The minimum absolute atomic E-state index is 0.0517. The Hall–Kier alpha value is -2.73. The van der Waals surface area contributed by atoms with Gasteiger partial charge in [0.2, 0.25) is 5.96 Å². The summed E-state index contributed by atoms with van der Waals surface area (Å²) in [5.41, 5.74) is 18.8. The maximum absolute atomic E-state index is 6.23. The predicted molar refractivity (Wildman–Crippen MR) is 94.5 cm³/mol. The molecule has 0 atom stereocenters. The summed E-state index contributed by atoms with van der Waals surface area (Å²) in [4.78, 5) is 7.68. The molecule has 2 rings (SSSR count). The van der Waals surface area contributed by atoms with Crippen molar-refractivity contribution in [2.24, 2.45) is 27.2 Å². The smallest absolute Gasteiger partial charge is 0.223 e. The Morgan fingerprint density at radius 2 is 1.70 bits per heavy atom. The number of aliphatic imine (C=N–C) groups is 2. The molecule has 0 aliphatic heterocycles. The van der Waals surface area contributed by atoms with Gasteiger partial charge in [-0.15, -0.1) is 0 Å². The third-order valence-corrected chi connectivity index (χ3v) is 3.25. The second-order valence-corrected chi connectivity index (χ2v) is 5.40. The Bertz CT molecular complexity index is 782. The van der Waals surface area contributed by atoms with Gasteiger partial charge in [0.05, 0.1) is 10.7 Å². The van der Waals surface area contributed by atoms with E-state index in [0.29, 0.717) is 16.5 Å². The number of ether oxygens (including phenoxy) is 1. The average Bonchev–Trinajstić information content (AvgIpc) is 2.43. The lowest BCUT2D eigenvalue weighted by atomic mass is 10.1. The van der Waals surface area contributed by atoms with Crippen molar-refractivity contribution >= 4 is 29.2 Å². The molecule has 0 bridgehead atoms. The van der Waals surface area contributed by atoms with Crippen LogP contribution in [-0.2, 0) is 0 Å². The highest BCUT2D eigenvalue weighted by Crippen LogP contribution is 2.34. The molecule has 0 aliphatic rings. The highest BCUT2D eigenvalue weighted by molar-refractivity contribution is 6.32. The van der Waals surface area contributed by atoms with Crippen LogP contribution in [0.1, 0.15) is 11.1 Å². The Morgan fingerprint density at radius 3 is 2.30 bits per heavy atom. The molecule has 23 heavy (non-hydrogen) atoms. The van der Waals surface area contributed by atoms with E-state index in [9.17, 15) is 0 Å². The number of nitrogens with zero attached hydrogens (tertiary/aromatic N) is 2. The van der Waals surface area contributed by atoms with Crippen LogP contribution in [0.3, 0.4) is 0 Å². The normalized spacial score (nSPS) is 11.2. The Kier molecular flexibility index (Phi) is 5.08. The molecule has 0 saturated heterocycles. The number of nitrogens with two attached hydrogens (primary N) is 3. The second kappa shape index (κ2) is 7.02. The van der Waals surface area contributed by atoms with Gasteiger partial charge in [-0.05, 0) is 43.7 Å². The largest absolute Gasteiger partial charge is 0.456 e. The lowest BCUT2D eigenvalue weighted by Gasteiger charge is -2.11. The van der Waals surface area contributed by atoms with E-state index in [1.54, 1.807) is 18.2 Å². The SMILES string of the molecule is Cc1ccc(Oc2ccc(N=C(N)N=C(N)N)cc2Cl)c(C)c1. The number of hydrogen-bond donors (Lipinski definition) is 3. The van der Waals surface area contributed by atoms with Gasteiger partial charge in [0.25, 0.3) is 0 Å². The highest BCUT2D eigenvalue weighted by Gasteiger charge is 2.07. The zero-order valence-corrected chi connectivity index (χ0v) is 13.6. The molecule has 2 aromatic carbocycles. The van der Waals surface area contributed by atoms with Crippen LogP contribution >= 0.6 is 11.6 Å². The van der Waals surface area contributed by atoms with Crippen LogP contribution in [0, 0.1) is 13.8 Å². The van der Waals surface area contributed by atoms with Gasteiger partial charge in [0, 0.05) is 0 Å². The summed E-state index contributed by atoms with van der Waals surface area (Å²) in [5.74, 6) is 1.06. The van der Waals surface area contributed by atoms with Crippen molar-refractivity contribution in [3.05, 3.63) is 52.5 Å². The zero-order chi connectivity index (χ0) is 17.0. The molecule has 0 heterocycles. The molecule has 0 aromatic heterocycles.